The standard InChI is InChI=1S/C14H12N2O2S/c1-19(17,18)16-14-10-6-2-4-8-12(10)15-13-9-5-3-7-11(13)14/h2-9H,1H3,(H,15,16). The number of anilines is 1. The van der Waals surface area contributed by atoms with Crippen LogP contribution in [0.4, 0.5) is 5.69 Å². The molecular formula is C14H12N2O2S. The van der Waals surface area contributed by atoms with Crippen LogP contribution in [-0.4, -0.2) is 19.7 Å². The predicted octanol–water partition coefficient (Wildman–Crippen LogP) is 2.76. The maximum Gasteiger partial charge on any atom is 0.229 e. The number of hydrogen-bond donors (Lipinski definition) is 1. The zero-order chi connectivity index (χ0) is 13.5. The molecule has 19 heavy (non-hydrogen) atoms. The lowest BCUT2D eigenvalue weighted by Crippen LogP contribution is -2.10. The number of aromatic nitrogens is 1. The second-order valence-corrected chi connectivity index (χ2v) is 6.14. The van der Waals surface area contributed by atoms with Gasteiger partial charge in [0.1, 0.15) is 0 Å². The van der Waals surface area contributed by atoms with E-state index >= 15 is 0 Å². The molecule has 4 nitrogen and oxygen atoms in total. The number of para-hydroxylation sites is 2. The Morgan fingerprint density at radius 3 is 1.84 bits per heavy atom. The van der Waals surface area contributed by atoms with Crippen LogP contribution in [0, 0.1) is 0 Å². The van der Waals surface area contributed by atoms with Gasteiger partial charge in [-0.15, -0.1) is 0 Å². The van der Waals surface area contributed by atoms with Crippen molar-refractivity contribution < 1.29 is 8.42 Å². The summed E-state index contributed by atoms with van der Waals surface area (Å²) >= 11 is 0. The van der Waals surface area contributed by atoms with E-state index in [9.17, 15) is 8.42 Å². The Kier molecular flexibility index (Phi) is 2.64. The first-order chi connectivity index (χ1) is 9.04. The lowest BCUT2D eigenvalue weighted by atomic mass is 10.1. The van der Waals surface area contributed by atoms with Gasteiger partial charge in [-0.05, 0) is 12.1 Å². The summed E-state index contributed by atoms with van der Waals surface area (Å²) in [6, 6.07) is 15.0. The van der Waals surface area contributed by atoms with Crippen molar-refractivity contribution in [3.05, 3.63) is 48.5 Å². The molecule has 0 unspecified atom stereocenters. The number of sulfonamides is 1. The summed E-state index contributed by atoms with van der Waals surface area (Å²) in [4.78, 5) is 4.53. The highest BCUT2D eigenvalue weighted by atomic mass is 32.2. The van der Waals surface area contributed by atoms with E-state index in [4.69, 9.17) is 0 Å². The maximum atomic E-state index is 11.6. The number of benzene rings is 2. The molecule has 0 amide bonds. The molecule has 0 aliphatic rings. The fourth-order valence-corrected chi connectivity index (χ4v) is 2.73. The molecule has 3 aromatic rings. The first kappa shape index (κ1) is 11.9. The quantitative estimate of drug-likeness (QED) is 0.730. The Labute approximate surface area is 111 Å². The number of nitrogens with one attached hydrogen (secondary N) is 1. The molecule has 0 radical (unpaired) electrons. The molecule has 5 heteroatoms. The van der Waals surface area contributed by atoms with Crippen LogP contribution in [-0.2, 0) is 10.0 Å². The Morgan fingerprint density at radius 1 is 0.895 bits per heavy atom. The van der Waals surface area contributed by atoms with Gasteiger partial charge < -0.3 is 0 Å². The first-order valence-electron chi connectivity index (χ1n) is 5.80. The maximum absolute atomic E-state index is 11.6. The van der Waals surface area contributed by atoms with E-state index in [-0.39, 0.29) is 0 Å². The van der Waals surface area contributed by atoms with Crippen molar-refractivity contribution in [3.63, 3.8) is 0 Å². The van der Waals surface area contributed by atoms with Gasteiger partial charge in [-0.3, -0.25) is 4.72 Å². The lowest BCUT2D eigenvalue weighted by Gasteiger charge is -2.11. The molecule has 0 aliphatic heterocycles. The summed E-state index contributed by atoms with van der Waals surface area (Å²) in [6.07, 6.45) is 1.15. The molecule has 3 rings (SSSR count). The minimum absolute atomic E-state index is 0.587. The molecular weight excluding hydrogens is 260 g/mol. The Morgan fingerprint density at radius 2 is 1.37 bits per heavy atom. The van der Waals surface area contributed by atoms with Crippen LogP contribution in [0.3, 0.4) is 0 Å². The summed E-state index contributed by atoms with van der Waals surface area (Å²) < 4.78 is 25.7. The number of pyridine rings is 1. The molecule has 96 valence electrons. The number of rotatable bonds is 2. The number of fused-ring (bicyclic) bond motifs is 2. The average molecular weight is 272 g/mol. The highest BCUT2D eigenvalue weighted by molar-refractivity contribution is 7.92. The molecule has 0 atom stereocenters. The molecule has 0 spiro atoms. The van der Waals surface area contributed by atoms with Crippen LogP contribution in [0.5, 0.6) is 0 Å². The third kappa shape index (κ3) is 2.24. The van der Waals surface area contributed by atoms with E-state index in [1.807, 2.05) is 48.5 Å². The van der Waals surface area contributed by atoms with Crippen molar-refractivity contribution >= 4 is 37.5 Å². The van der Waals surface area contributed by atoms with Gasteiger partial charge in [-0.1, -0.05) is 36.4 Å². The Balaban J connectivity index is 2.46. The lowest BCUT2D eigenvalue weighted by molar-refractivity contribution is 0.607. The number of hydrogen-bond acceptors (Lipinski definition) is 3. The van der Waals surface area contributed by atoms with E-state index in [1.54, 1.807) is 0 Å². The van der Waals surface area contributed by atoms with Gasteiger partial charge in [0.2, 0.25) is 10.0 Å². The fourth-order valence-electron chi connectivity index (χ4n) is 2.14. The van der Waals surface area contributed by atoms with E-state index in [2.05, 4.69) is 9.71 Å². The van der Waals surface area contributed by atoms with Gasteiger partial charge in [0.05, 0.1) is 23.0 Å². The van der Waals surface area contributed by atoms with Gasteiger partial charge in [0.25, 0.3) is 0 Å². The van der Waals surface area contributed by atoms with Crippen molar-refractivity contribution in [3.8, 4) is 0 Å². The summed E-state index contributed by atoms with van der Waals surface area (Å²) in [5, 5.41) is 1.60. The van der Waals surface area contributed by atoms with Crippen LogP contribution >= 0.6 is 0 Å². The van der Waals surface area contributed by atoms with Gasteiger partial charge in [-0.25, -0.2) is 13.4 Å². The van der Waals surface area contributed by atoms with E-state index in [0.717, 1.165) is 28.1 Å². The predicted molar refractivity (Wildman–Crippen MR) is 77.7 cm³/mol. The molecule has 2 aromatic carbocycles. The number of nitrogens with zero attached hydrogens (tertiary/aromatic N) is 1. The van der Waals surface area contributed by atoms with Crippen molar-refractivity contribution in [1.29, 1.82) is 0 Å². The monoisotopic (exact) mass is 272 g/mol. The van der Waals surface area contributed by atoms with Crippen LogP contribution in [0.25, 0.3) is 21.8 Å². The fraction of sp³-hybridized carbons (Fsp3) is 0.0714. The molecule has 0 fully saturated rings. The van der Waals surface area contributed by atoms with Gasteiger partial charge >= 0.3 is 0 Å². The van der Waals surface area contributed by atoms with E-state index in [0.29, 0.717) is 5.69 Å². The zero-order valence-electron chi connectivity index (χ0n) is 10.3. The molecule has 1 heterocycles. The van der Waals surface area contributed by atoms with Crippen LogP contribution in [0.15, 0.2) is 48.5 Å². The van der Waals surface area contributed by atoms with Crippen molar-refractivity contribution in [2.75, 3.05) is 11.0 Å². The van der Waals surface area contributed by atoms with Crippen molar-refractivity contribution in [2.45, 2.75) is 0 Å². The molecule has 0 saturated heterocycles. The highest BCUT2D eigenvalue weighted by Crippen LogP contribution is 2.30. The normalized spacial score (nSPS) is 11.8. The minimum atomic E-state index is -3.34. The minimum Gasteiger partial charge on any atom is -0.282 e. The van der Waals surface area contributed by atoms with Crippen LogP contribution in [0.1, 0.15) is 0 Å². The summed E-state index contributed by atoms with van der Waals surface area (Å²) in [7, 11) is -3.34. The molecule has 1 aromatic heterocycles. The molecule has 0 saturated carbocycles. The van der Waals surface area contributed by atoms with E-state index in [1.165, 1.54) is 0 Å². The van der Waals surface area contributed by atoms with Crippen LogP contribution < -0.4 is 4.72 Å². The summed E-state index contributed by atoms with van der Waals surface area (Å²) in [6.45, 7) is 0. The zero-order valence-corrected chi connectivity index (χ0v) is 11.1. The Bertz CT molecular complexity index is 819. The average Bonchev–Trinajstić information content (AvgIpc) is 2.37. The van der Waals surface area contributed by atoms with Crippen molar-refractivity contribution in [2.24, 2.45) is 0 Å². The summed E-state index contributed by atoms with van der Waals surface area (Å²) in [5.74, 6) is 0. The molecule has 0 aliphatic carbocycles. The van der Waals surface area contributed by atoms with E-state index < -0.39 is 10.0 Å². The second kappa shape index (κ2) is 4.20. The van der Waals surface area contributed by atoms with Gasteiger partial charge in [0.15, 0.2) is 0 Å². The smallest absolute Gasteiger partial charge is 0.229 e. The highest BCUT2D eigenvalue weighted by Gasteiger charge is 2.11. The first-order valence-corrected chi connectivity index (χ1v) is 7.69. The van der Waals surface area contributed by atoms with Crippen molar-refractivity contribution in [1.82, 2.24) is 4.98 Å². The SMILES string of the molecule is CS(=O)(=O)Nc1c2ccccc2nc2ccccc12. The Hall–Kier alpha value is -2.14. The second-order valence-electron chi connectivity index (χ2n) is 4.40. The van der Waals surface area contributed by atoms with Crippen LogP contribution in [0.2, 0.25) is 0 Å². The third-order valence-electron chi connectivity index (χ3n) is 2.88. The van der Waals surface area contributed by atoms with Gasteiger partial charge in [-0.2, -0.15) is 0 Å². The summed E-state index contributed by atoms with van der Waals surface area (Å²) in [5.41, 5.74) is 2.13. The molecule has 0 bridgehead atoms. The third-order valence-corrected chi connectivity index (χ3v) is 3.45. The largest absolute Gasteiger partial charge is 0.282 e. The topological polar surface area (TPSA) is 59.1 Å². The molecule has 1 N–H and O–H groups in total. The van der Waals surface area contributed by atoms with Gasteiger partial charge in [0, 0.05) is 10.8 Å².